The number of hydrogen-bond acceptors (Lipinski definition) is 6. The van der Waals surface area contributed by atoms with Crippen molar-refractivity contribution in [2.24, 2.45) is 0 Å². The van der Waals surface area contributed by atoms with Crippen LogP contribution in [0.1, 0.15) is 28.5 Å². The largest absolute Gasteiger partial charge is 0.491 e. The van der Waals surface area contributed by atoms with Gasteiger partial charge in [-0.3, -0.25) is 0 Å². The van der Waals surface area contributed by atoms with Crippen molar-refractivity contribution < 1.29 is 24.5 Å². The molecule has 0 radical (unpaired) electrons. The molecule has 0 amide bonds. The van der Waals surface area contributed by atoms with Gasteiger partial charge in [0, 0.05) is 36.2 Å². The fraction of sp³-hybridized carbons (Fsp3) is 0.375. The molecule has 3 aromatic rings. The van der Waals surface area contributed by atoms with Crippen LogP contribution in [0.15, 0.2) is 48.5 Å². The molecule has 3 rings (SSSR count). The predicted octanol–water partition coefficient (Wildman–Crippen LogP) is 2.50. The zero-order chi connectivity index (χ0) is 22.2. The van der Waals surface area contributed by atoms with E-state index in [4.69, 9.17) is 14.6 Å². The monoisotopic (exact) mass is 426 g/mol. The van der Waals surface area contributed by atoms with Crippen molar-refractivity contribution in [2.75, 3.05) is 32.9 Å². The average Bonchev–Trinajstić information content (AvgIpc) is 3.04. The Morgan fingerprint density at radius 2 is 1.97 bits per heavy atom. The average molecular weight is 427 g/mol. The molecule has 1 unspecified atom stereocenters. The second-order valence-corrected chi connectivity index (χ2v) is 7.32. The number of benzene rings is 2. The van der Waals surface area contributed by atoms with Crippen LogP contribution >= 0.6 is 0 Å². The zero-order valence-corrected chi connectivity index (χ0v) is 18.0. The van der Waals surface area contributed by atoms with Crippen LogP contribution in [0.4, 0.5) is 0 Å². The lowest BCUT2D eigenvalue weighted by atomic mass is 10.1. The van der Waals surface area contributed by atoms with E-state index in [0.717, 1.165) is 22.2 Å². The number of fused-ring (bicyclic) bond motifs is 1. The Morgan fingerprint density at radius 1 is 1.19 bits per heavy atom. The molecular weight excluding hydrogens is 396 g/mol. The Morgan fingerprint density at radius 3 is 2.68 bits per heavy atom. The highest BCUT2D eigenvalue weighted by molar-refractivity contribution is 6.06. The summed E-state index contributed by atoms with van der Waals surface area (Å²) in [6.07, 6.45) is -0.712. The Balaban J connectivity index is 1.90. The molecule has 0 aliphatic rings. The molecule has 0 spiro atoms. The second kappa shape index (κ2) is 10.9. The first kappa shape index (κ1) is 22.8. The maximum atomic E-state index is 12.7. The van der Waals surface area contributed by atoms with E-state index in [9.17, 15) is 9.90 Å². The minimum atomic E-state index is -0.712. The van der Waals surface area contributed by atoms with E-state index in [0.29, 0.717) is 37.6 Å². The molecule has 7 heteroatoms. The van der Waals surface area contributed by atoms with Crippen LogP contribution in [-0.2, 0) is 11.3 Å². The summed E-state index contributed by atoms with van der Waals surface area (Å²) < 4.78 is 13.2. The number of nitrogens with one attached hydrogen (secondary N) is 1. The summed E-state index contributed by atoms with van der Waals surface area (Å²) in [6, 6.07) is 15.7. The fourth-order valence-electron chi connectivity index (χ4n) is 3.58. The molecule has 166 valence electrons. The van der Waals surface area contributed by atoms with Crippen LogP contribution in [-0.4, -0.2) is 59.8 Å². The van der Waals surface area contributed by atoms with Crippen LogP contribution < -0.4 is 10.1 Å². The molecule has 0 bridgehead atoms. The number of hydrogen-bond donors (Lipinski definition) is 3. The third-order valence-electron chi connectivity index (χ3n) is 5.07. The van der Waals surface area contributed by atoms with Gasteiger partial charge in [-0.25, -0.2) is 4.79 Å². The third kappa shape index (κ3) is 5.64. The molecule has 1 atom stereocenters. The van der Waals surface area contributed by atoms with Gasteiger partial charge < -0.3 is 29.6 Å². The minimum Gasteiger partial charge on any atom is -0.491 e. The number of aliphatic hydroxyl groups is 2. The maximum absolute atomic E-state index is 12.7. The number of carbonyl (C=O) groups is 1. The van der Waals surface area contributed by atoms with Crippen LogP contribution in [0, 0.1) is 6.92 Å². The highest BCUT2D eigenvalue weighted by Crippen LogP contribution is 2.31. The van der Waals surface area contributed by atoms with E-state index in [1.165, 1.54) is 0 Å². The van der Waals surface area contributed by atoms with Gasteiger partial charge in [0.1, 0.15) is 18.5 Å². The molecule has 7 nitrogen and oxygen atoms in total. The van der Waals surface area contributed by atoms with Crippen LogP contribution in [0.5, 0.6) is 5.75 Å². The summed E-state index contributed by atoms with van der Waals surface area (Å²) in [7, 11) is 0. The van der Waals surface area contributed by atoms with Gasteiger partial charge in [0.2, 0.25) is 0 Å². The van der Waals surface area contributed by atoms with Gasteiger partial charge in [-0.1, -0.05) is 30.3 Å². The number of nitrogens with zero attached hydrogens (tertiary/aromatic N) is 1. The molecule has 0 aliphatic heterocycles. The molecule has 0 saturated carbocycles. The highest BCUT2D eigenvalue weighted by atomic mass is 16.5. The Hall–Kier alpha value is -2.87. The van der Waals surface area contributed by atoms with Crippen molar-refractivity contribution in [1.29, 1.82) is 0 Å². The number of carbonyl (C=O) groups excluding carboxylic acids is 1. The predicted molar refractivity (Wildman–Crippen MR) is 120 cm³/mol. The quantitative estimate of drug-likeness (QED) is 0.322. The van der Waals surface area contributed by atoms with Crippen molar-refractivity contribution in [3.05, 3.63) is 65.4 Å². The minimum absolute atomic E-state index is 0.0141. The van der Waals surface area contributed by atoms with Crippen LogP contribution in [0.2, 0.25) is 0 Å². The summed E-state index contributed by atoms with van der Waals surface area (Å²) in [5.74, 6) is 0.207. The van der Waals surface area contributed by atoms with E-state index in [1.54, 1.807) is 6.92 Å². The standard InChI is InChI=1S/C24H30N2O5/c1-3-30-24(29)23-17(2)26(15-18-7-5-4-6-8-18)22-10-9-20(13-21(22)23)31-16-19(28)14-25-11-12-27/h4-10,13,19,25,27-28H,3,11-12,14-16H2,1-2H3. The molecule has 1 aromatic heterocycles. The van der Waals surface area contributed by atoms with E-state index < -0.39 is 6.10 Å². The van der Waals surface area contributed by atoms with Gasteiger partial charge in [-0.15, -0.1) is 0 Å². The van der Waals surface area contributed by atoms with E-state index in [-0.39, 0.29) is 19.2 Å². The molecule has 31 heavy (non-hydrogen) atoms. The number of rotatable bonds is 11. The van der Waals surface area contributed by atoms with Crippen molar-refractivity contribution in [3.63, 3.8) is 0 Å². The lowest BCUT2D eigenvalue weighted by Crippen LogP contribution is -2.32. The van der Waals surface area contributed by atoms with Gasteiger partial charge in [-0.05, 0) is 37.6 Å². The molecule has 3 N–H and O–H groups in total. The third-order valence-corrected chi connectivity index (χ3v) is 5.07. The highest BCUT2D eigenvalue weighted by Gasteiger charge is 2.22. The molecular formula is C24H30N2O5. The van der Waals surface area contributed by atoms with Gasteiger partial charge in [0.15, 0.2) is 0 Å². The summed E-state index contributed by atoms with van der Waals surface area (Å²) in [5, 5.41) is 22.5. The van der Waals surface area contributed by atoms with Crippen LogP contribution in [0.25, 0.3) is 10.9 Å². The van der Waals surface area contributed by atoms with E-state index in [2.05, 4.69) is 22.0 Å². The van der Waals surface area contributed by atoms with Gasteiger partial charge in [-0.2, -0.15) is 0 Å². The number of aliphatic hydroxyl groups excluding tert-OH is 2. The molecule has 0 fully saturated rings. The SMILES string of the molecule is CCOC(=O)c1c(C)n(Cc2ccccc2)c2ccc(OCC(O)CNCCO)cc12. The summed E-state index contributed by atoms with van der Waals surface area (Å²) in [4.78, 5) is 12.7. The molecule has 2 aromatic carbocycles. The molecule has 1 heterocycles. The Bertz CT molecular complexity index is 1000. The first-order valence-corrected chi connectivity index (χ1v) is 10.5. The van der Waals surface area contributed by atoms with Gasteiger partial charge in [0.05, 0.1) is 18.8 Å². The van der Waals surface area contributed by atoms with Gasteiger partial charge in [0.25, 0.3) is 0 Å². The first-order valence-electron chi connectivity index (χ1n) is 10.5. The van der Waals surface area contributed by atoms with Crippen LogP contribution in [0.3, 0.4) is 0 Å². The summed E-state index contributed by atoms with van der Waals surface area (Å²) in [5.41, 5.74) is 3.42. The Kier molecular flexibility index (Phi) is 8.06. The van der Waals surface area contributed by atoms with Crippen molar-refractivity contribution in [1.82, 2.24) is 9.88 Å². The normalized spacial score (nSPS) is 12.1. The number of esters is 1. The van der Waals surface area contributed by atoms with Gasteiger partial charge >= 0.3 is 5.97 Å². The van der Waals surface area contributed by atoms with E-state index in [1.807, 2.05) is 43.3 Å². The fourth-order valence-corrected chi connectivity index (χ4v) is 3.58. The summed E-state index contributed by atoms with van der Waals surface area (Å²) >= 11 is 0. The van der Waals surface area contributed by atoms with E-state index >= 15 is 0 Å². The first-order chi connectivity index (χ1) is 15.0. The smallest absolute Gasteiger partial charge is 0.340 e. The summed E-state index contributed by atoms with van der Waals surface area (Å²) in [6.45, 7) is 5.50. The van der Waals surface area contributed by atoms with Crippen molar-refractivity contribution in [3.8, 4) is 5.75 Å². The number of ether oxygens (including phenoxy) is 2. The lowest BCUT2D eigenvalue weighted by Gasteiger charge is -2.13. The maximum Gasteiger partial charge on any atom is 0.340 e. The lowest BCUT2D eigenvalue weighted by molar-refractivity contribution is 0.0527. The topological polar surface area (TPSA) is 93.0 Å². The number of aromatic nitrogens is 1. The zero-order valence-electron chi connectivity index (χ0n) is 18.0. The second-order valence-electron chi connectivity index (χ2n) is 7.32. The van der Waals surface area contributed by atoms with Crippen molar-refractivity contribution in [2.45, 2.75) is 26.5 Å². The molecule has 0 saturated heterocycles. The molecule has 0 aliphatic carbocycles. The Labute approximate surface area is 182 Å². The van der Waals surface area contributed by atoms with Crippen molar-refractivity contribution >= 4 is 16.9 Å².